The second-order valence-electron chi connectivity index (χ2n) is 3.25. The van der Waals surface area contributed by atoms with Crippen molar-refractivity contribution in [2.75, 3.05) is 13.6 Å². The van der Waals surface area contributed by atoms with Crippen molar-refractivity contribution in [2.45, 2.75) is 0 Å². The molecular formula is C11H10N2O3. The average Bonchev–Trinajstić information content (AvgIpc) is 2.27. The molecule has 0 spiro atoms. The number of carbonyl (C=O) groups excluding carboxylic acids is 1. The maximum Gasteiger partial charge on any atom is 0.323 e. The molecule has 1 aromatic carbocycles. The monoisotopic (exact) mass is 218 g/mol. The van der Waals surface area contributed by atoms with Gasteiger partial charge in [0.2, 0.25) is 0 Å². The Morgan fingerprint density at radius 2 is 2.19 bits per heavy atom. The Bertz CT molecular complexity index is 463. The Kier molecular flexibility index (Phi) is 3.62. The Morgan fingerprint density at radius 3 is 2.75 bits per heavy atom. The van der Waals surface area contributed by atoms with E-state index in [1.807, 2.05) is 6.07 Å². The van der Waals surface area contributed by atoms with Crippen molar-refractivity contribution in [3.8, 4) is 6.07 Å². The minimum absolute atomic E-state index is 0.308. The van der Waals surface area contributed by atoms with Crippen LogP contribution in [0.1, 0.15) is 15.9 Å². The highest BCUT2D eigenvalue weighted by Gasteiger charge is 2.14. The van der Waals surface area contributed by atoms with Crippen molar-refractivity contribution in [2.24, 2.45) is 0 Å². The molecule has 0 aliphatic rings. The Hall–Kier alpha value is -2.35. The molecule has 0 saturated heterocycles. The molecule has 5 heteroatoms. The fraction of sp³-hybridized carbons (Fsp3) is 0.182. The summed E-state index contributed by atoms with van der Waals surface area (Å²) in [6.45, 7) is -0.365. The summed E-state index contributed by atoms with van der Waals surface area (Å²) in [7, 11) is 1.40. The average molecular weight is 218 g/mol. The van der Waals surface area contributed by atoms with Gasteiger partial charge in [0.05, 0.1) is 11.6 Å². The lowest BCUT2D eigenvalue weighted by Crippen LogP contribution is -2.31. The summed E-state index contributed by atoms with van der Waals surface area (Å²) in [4.78, 5) is 23.2. The first-order valence-corrected chi connectivity index (χ1v) is 4.52. The lowest BCUT2D eigenvalue weighted by molar-refractivity contribution is -0.137. The van der Waals surface area contributed by atoms with Gasteiger partial charge < -0.3 is 10.0 Å². The first kappa shape index (κ1) is 11.7. The summed E-state index contributed by atoms with van der Waals surface area (Å²) in [5.41, 5.74) is 0.678. The van der Waals surface area contributed by atoms with Gasteiger partial charge >= 0.3 is 5.97 Å². The van der Waals surface area contributed by atoms with Gasteiger partial charge in [0, 0.05) is 12.6 Å². The maximum absolute atomic E-state index is 11.7. The van der Waals surface area contributed by atoms with Gasteiger partial charge in [0.15, 0.2) is 0 Å². The normalized spacial score (nSPS) is 9.25. The van der Waals surface area contributed by atoms with Crippen molar-refractivity contribution in [1.82, 2.24) is 4.90 Å². The molecule has 0 atom stereocenters. The van der Waals surface area contributed by atoms with E-state index in [1.54, 1.807) is 18.2 Å². The summed E-state index contributed by atoms with van der Waals surface area (Å²) in [6, 6.07) is 8.05. The number of nitriles is 1. The fourth-order valence-corrected chi connectivity index (χ4v) is 1.22. The quantitative estimate of drug-likeness (QED) is 0.810. The van der Waals surface area contributed by atoms with Crippen LogP contribution in [-0.4, -0.2) is 35.5 Å². The van der Waals surface area contributed by atoms with E-state index >= 15 is 0 Å². The number of likely N-dealkylation sites (N-methyl/N-ethyl adjacent to an activating group) is 1. The predicted molar refractivity (Wildman–Crippen MR) is 55.8 cm³/mol. The molecule has 0 unspecified atom stereocenters. The summed E-state index contributed by atoms with van der Waals surface area (Å²) in [5, 5.41) is 17.2. The molecule has 0 aliphatic carbocycles. The molecule has 0 saturated carbocycles. The Labute approximate surface area is 92.5 Å². The number of carbonyl (C=O) groups is 2. The minimum atomic E-state index is -1.08. The molecule has 1 rings (SSSR count). The van der Waals surface area contributed by atoms with Gasteiger partial charge in [-0.15, -0.1) is 0 Å². The number of carboxylic acids is 1. The molecule has 0 heterocycles. The van der Waals surface area contributed by atoms with Gasteiger partial charge in [-0.05, 0) is 18.2 Å². The zero-order chi connectivity index (χ0) is 12.1. The van der Waals surface area contributed by atoms with E-state index in [0.29, 0.717) is 11.1 Å². The largest absolute Gasteiger partial charge is 0.480 e. The molecule has 0 aliphatic heterocycles. The first-order valence-electron chi connectivity index (χ1n) is 4.52. The smallest absolute Gasteiger partial charge is 0.323 e. The standard InChI is InChI=1S/C11H10N2O3/c1-13(7-10(14)15)11(16)9-4-2-3-8(5-9)6-12/h2-5H,7H2,1H3,(H,14,15). The topological polar surface area (TPSA) is 81.4 Å². The van der Waals surface area contributed by atoms with Gasteiger partial charge in [0.25, 0.3) is 5.91 Å². The fourth-order valence-electron chi connectivity index (χ4n) is 1.22. The molecule has 1 aromatic rings. The van der Waals surface area contributed by atoms with Crippen molar-refractivity contribution >= 4 is 11.9 Å². The molecule has 82 valence electrons. The van der Waals surface area contributed by atoms with Gasteiger partial charge in [-0.25, -0.2) is 0 Å². The third-order valence-electron chi connectivity index (χ3n) is 1.96. The predicted octanol–water partition coefficient (Wildman–Crippen LogP) is 0.715. The molecular weight excluding hydrogens is 208 g/mol. The molecule has 0 radical (unpaired) electrons. The third-order valence-corrected chi connectivity index (χ3v) is 1.96. The number of benzene rings is 1. The minimum Gasteiger partial charge on any atom is -0.480 e. The van der Waals surface area contributed by atoms with Gasteiger partial charge in [-0.3, -0.25) is 9.59 Å². The highest BCUT2D eigenvalue weighted by atomic mass is 16.4. The van der Waals surface area contributed by atoms with Crippen LogP contribution >= 0.6 is 0 Å². The van der Waals surface area contributed by atoms with Crippen LogP contribution in [0, 0.1) is 11.3 Å². The molecule has 1 amide bonds. The third kappa shape index (κ3) is 2.82. The number of carboxylic acid groups (broad SMARTS) is 1. The SMILES string of the molecule is CN(CC(=O)O)C(=O)c1cccc(C#N)c1. The Morgan fingerprint density at radius 1 is 1.50 bits per heavy atom. The van der Waals surface area contributed by atoms with Crippen molar-refractivity contribution in [3.05, 3.63) is 35.4 Å². The summed E-state index contributed by atoms with van der Waals surface area (Å²) in [6.07, 6.45) is 0. The van der Waals surface area contributed by atoms with Crippen molar-refractivity contribution in [1.29, 1.82) is 5.26 Å². The van der Waals surface area contributed by atoms with E-state index in [0.717, 1.165) is 4.90 Å². The molecule has 1 N–H and O–H groups in total. The lowest BCUT2D eigenvalue weighted by Gasteiger charge is -2.14. The van der Waals surface area contributed by atoms with Crippen molar-refractivity contribution in [3.63, 3.8) is 0 Å². The van der Waals surface area contributed by atoms with E-state index in [2.05, 4.69) is 0 Å². The van der Waals surface area contributed by atoms with E-state index in [9.17, 15) is 9.59 Å². The summed E-state index contributed by atoms with van der Waals surface area (Å²) < 4.78 is 0. The number of aliphatic carboxylic acids is 1. The van der Waals surface area contributed by atoms with E-state index in [-0.39, 0.29) is 6.54 Å². The zero-order valence-electron chi connectivity index (χ0n) is 8.67. The maximum atomic E-state index is 11.7. The molecule has 0 fully saturated rings. The van der Waals surface area contributed by atoms with E-state index < -0.39 is 11.9 Å². The second-order valence-corrected chi connectivity index (χ2v) is 3.25. The van der Waals surface area contributed by atoms with Crippen molar-refractivity contribution < 1.29 is 14.7 Å². The van der Waals surface area contributed by atoms with E-state index in [1.165, 1.54) is 13.1 Å². The van der Waals surface area contributed by atoms with Gasteiger partial charge in [-0.2, -0.15) is 5.26 Å². The lowest BCUT2D eigenvalue weighted by atomic mass is 10.1. The zero-order valence-corrected chi connectivity index (χ0v) is 8.67. The summed E-state index contributed by atoms with van der Waals surface area (Å²) >= 11 is 0. The van der Waals surface area contributed by atoms with Crippen LogP contribution < -0.4 is 0 Å². The van der Waals surface area contributed by atoms with Crippen LogP contribution in [-0.2, 0) is 4.79 Å². The van der Waals surface area contributed by atoms with Crippen LogP contribution in [0.15, 0.2) is 24.3 Å². The van der Waals surface area contributed by atoms with Crippen LogP contribution in [0.5, 0.6) is 0 Å². The molecule has 16 heavy (non-hydrogen) atoms. The first-order chi connectivity index (χ1) is 7.54. The van der Waals surface area contributed by atoms with Crippen LogP contribution in [0.3, 0.4) is 0 Å². The number of hydrogen-bond acceptors (Lipinski definition) is 3. The van der Waals surface area contributed by atoms with Crippen LogP contribution in [0.25, 0.3) is 0 Å². The van der Waals surface area contributed by atoms with E-state index in [4.69, 9.17) is 10.4 Å². The number of nitrogens with zero attached hydrogens (tertiary/aromatic N) is 2. The number of amides is 1. The van der Waals surface area contributed by atoms with Crippen LogP contribution in [0.4, 0.5) is 0 Å². The molecule has 5 nitrogen and oxygen atoms in total. The highest BCUT2D eigenvalue weighted by Crippen LogP contribution is 2.06. The highest BCUT2D eigenvalue weighted by molar-refractivity contribution is 5.95. The van der Waals surface area contributed by atoms with Gasteiger partial charge in [-0.1, -0.05) is 6.07 Å². The van der Waals surface area contributed by atoms with Gasteiger partial charge in [0.1, 0.15) is 6.54 Å². The molecule has 0 aromatic heterocycles. The van der Waals surface area contributed by atoms with Crippen LogP contribution in [0.2, 0.25) is 0 Å². The number of hydrogen-bond donors (Lipinski definition) is 1. The summed E-state index contributed by atoms with van der Waals surface area (Å²) in [5.74, 6) is -1.49. The second kappa shape index (κ2) is 4.94. The Balaban J connectivity index is 2.88. The molecule has 0 bridgehead atoms. The number of rotatable bonds is 3.